The van der Waals surface area contributed by atoms with Crippen molar-refractivity contribution in [3.8, 4) is 0 Å². The summed E-state index contributed by atoms with van der Waals surface area (Å²) in [5.74, 6) is 0.713. The lowest BCUT2D eigenvalue weighted by atomic mass is 9.74. The van der Waals surface area contributed by atoms with E-state index in [0.29, 0.717) is 17.8 Å². The first-order valence-electron chi connectivity index (χ1n) is 16.3. The number of rotatable bonds is 11. The van der Waals surface area contributed by atoms with Crippen LogP contribution in [0.3, 0.4) is 0 Å². The fourth-order valence-corrected chi connectivity index (χ4v) is 8.13. The Labute approximate surface area is 250 Å². The van der Waals surface area contributed by atoms with Gasteiger partial charge in [-0.1, -0.05) is 61.7 Å². The van der Waals surface area contributed by atoms with Gasteiger partial charge in [-0.05, 0) is 105 Å². The van der Waals surface area contributed by atoms with Gasteiger partial charge in [0, 0.05) is 31.1 Å². The maximum atomic E-state index is 14.3. The van der Waals surface area contributed by atoms with Gasteiger partial charge in [0.2, 0.25) is 0 Å². The number of aliphatic carboxylic acids is 1. The molecule has 2 aliphatic carbocycles. The fourth-order valence-electron chi connectivity index (χ4n) is 8.13. The summed E-state index contributed by atoms with van der Waals surface area (Å²) in [6.45, 7) is 6.10. The number of nitrogens with zero attached hydrogens (tertiary/aromatic N) is 3. The van der Waals surface area contributed by atoms with Crippen LogP contribution in [0, 0.1) is 29.5 Å². The Bertz CT molecular complexity index is 1330. The highest BCUT2D eigenvalue weighted by molar-refractivity contribution is 5.70. The van der Waals surface area contributed by atoms with Gasteiger partial charge in [0.25, 0.3) is 0 Å². The number of likely N-dealkylation sites (tertiary alicyclic amines) is 1. The number of hydrogen-bond acceptors (Lipinski definition) is 3. The van der Waals surface area contributed by atoms with Crippen molar-refractivity contribution in [1.82, 2.24) is 14.7 Å². The number of carbonyl (C=O) groups is 1. The topological polar surface area (TPSA) is 58.4 Å². The van der Waals surface area contributed by atoms with E-state index in [1.54, 1.807) is 6.07 Å². The highest BCUT2D eigenvalue weighted by atomic mass is 19.1. The van der Waals surface area contributed by atoms with E-state index in [0.717, 1.165) is 76.0 Å². The van der Waals surface area contributed by atoms with Crippen LogP contribution in [-0.4, -0.2) is 45.4 Å². The molecule has 1 aromatic heterocycles. The van der Waals surface area contributed by atoms with Crippen LogP contribution in [0.5, 0.6) is 0 Å². The molecule has 3 fully saturated rings. The fraction of sp³-hybridized carbons (Fsp3) is 0.556. The van der Waals surface area contributed by atoms with Crippen molar-refractivity contribution in [3.05, 3.63) is 89.0 Å². The highest BCUT2D eigenvalue weighted by Crippen LogP contribution is 2.49. The average molecular weight is 572 g/mol. The molecule has 1 saturated heterocycles. The smallest absolute Gasteiger partial charge is 0.306 e. The molecule has 42 heavy (non-hydrogen) atoms. The van der Waals surface area contributed by atoms with Crippen molar-refractivity contribution < 1.29 is 14.3 Å². The monoisotopic (exact) mass is 571 g/mol. The summed E-state index contributed by atoms with van der Waals surface area (Å²) < 4.78 is 16.5. The molecule has 2 saturated carbocycles. The summed E-state index contributed by atoms with van der Waals surface area (Å²) in [6, 6.07) is 20.0. The number of aryl methyl sites for hydroxylation is 1. The second kappa shape index (κ2) is 13.1. The van der Waals surface area contributed by atoms with Crippen molar-refractivity contribution >= 4 is 5.97 Å². The second-order valence-electron chi connectivity index (χ2n) is 13.2. The summed E-state index contributed by atoms with van der Waals surface area (Å²) in [5.41, 5.74) is 4.84. The van der Waals surface area contributed by atoms with Crippen molar-refractivity contribution in [3.63, 3.8) is 0 Å². The number of benzene rings is 2. The third kappa shape index (κ3) is 6.64. The molecule has 3 aliphatic rings. The van der Waals surface area contributed by atoms with Crippen LogP contribution >= 0.6 is 0 Å². The first kappa shape index (κ1) is 29.1. The van der Waals surface area contributed by atoms with Crippen LogP contribution in [0.15, 0.2) is 60.7 Å². The van der Waals surface area contributed by atoms with Crippen molar-refractivity contribution in [2.45, 2.75) is 83.1 Å². The molecular weight excluding hydrogens is 525 g/mol. The van der Waals surface area contributed by atoms with Crippen molar-refractivity contribution in [1.29, 1.82) is 0 Å². The van der Waals surface area contributed by atoms with Crippen LogP contribution in [0.1, 0.15) is 92.6 Å². The van der Waals surface area contributed by atoms with E-state index in [-0.39, 0.29) is 23.6 Å². The molecular formula is C36H46FN3O2. The summed E-state index contributed by atoms with van der Waals surface area (Å²) in [5, 5.41) is 15.1. The Morgan fingerprint density at radius 2 is 1.81 bits per heavy atom. The number of carboxylic acid groups (broad SMARTS) is 1. The number of carboxylic acids is 1. The van der Waals surface area contributed by atoms with Gasteiger partial charge < -0.3 is 10.0 Å². The molecule has 1 N–H and O–H groups in total. The van der Waals surface area contributed by atoms with Crippen LogP contribution in [0.4, 0.5) is 4.39 Å². The van der Waals surface area contributed by atoms with E-state index >= 15 is 0 Å². The Balaban J connectivity index is 1.12. The predicted octanol–water partition coefficient (Wildman–Crippen LogP) is 7.51. The number of aromatic nitrogens is 2. The lowest BCUT2D eigenvalue weighted by Crippen LogP contribution is -2.37. The predicted molar refractivity (Wildman–Crippen MR) is 164 cm³/mol. The minimum Gasteiger partial charge on any atom is -0.481 e. The maximum absolute atomic E-state index is 14.3. The van der Waals surface area contributed by atoms with Crippen molar-refractivity contribution in [2.24, 2.45) is 23.7 Å². The van der Waals surface area contributed by atoms with Gasteiger partial charge >= 0.3 is 5.97 Å². The Morgan fingerprint density at radius 1 is 1.02 bits per heavy atom. The molecule has 2 aromatic carbocycles. The zero-order valence-corrected chi connectivity index (χ0v) is 25.0. The molecule has 1 aliphatic heterocycles. The molecule has 0 radical (unpaired) electrons. The summed E-state index contributed by atoms with van der Waals surface area (Å²) in [4.78, 5) is 15.0. The second-order valence-corrected chi connectivity index (χ2v) is 13.2. The Morgan fingerprint density at radius 3 is 2.48 bits per heavy atom. The van der Waals surface area contributed by atoms with E-state index in [9.17, 15) is 14.3 Å². The van der Waals surface area contributed by atoms with Gasteiger partial charge in [-0.15, -0.1) is 0 Å². The normalized spacial score (nSPS) is 24.5. The quantitative estimate of drug-likeness (QED) is 0.259. The summed E-state index contributed by atoms with van der Waals surface area (Å²) >= 11 is 0. The van der Waals surface area contributed by atoms with Gasteiger partial charge in [0.05, 0.1) is 11.6 Å². The zero-order chi connectivity index (χ0) is 29.1. The maximum Gasteiger partial charge on any atom is 0.306 e. The van der Waals surface area contributed by atoms with Gasteiger partial charge in [-0.3, -0.25) is 9.48 Å². The molecule has 3 unspecified atom stereocenters. The Kier molecular flexibility index (Phi) is 9.09. The molecule has 0 bridgehead atoms. The van der Waals surface area contributed by atoms with E-state index in [2.05, 4.69) is 59.0 Å². The molecule has 4 atom stereocenters. The zero-order valence-electron chi connectivity index (χ0n) is 25.0. The molecule has 224 valence electrons. The largest absolute Gasteiger partial charge is 0.481 e. The minimum absolute atomic E-state index is 0.167. The molecule has 0 spiro atoms. The van der Waals surface area contributed by atoms with E-state index in [4.69, 9.17) is 5.10 Å². The lowest BCUT2D eigenvalue weighted by Gasteiger charge is -2.35. The standard InChI is InChI=1S/C36H46FN3O2/c1-2-40-35(23-32(38-40)18-25-8-4-3-5-9-25)27-14-16-39(17-15-27)24-30-20-29(34(36(41)42)19-26-10-6-11-26)22-33(30)28-12-7-13-31(37)21-28/h3-5,7-9,12-13,21,23,26-27,29-30,33-34H,2,6,10-11,14-20,22,24H2,1H3,(H,41,42)/t29?,30?,33?,34-/m0/s1. The van der Waals surface area contributed by atoms with Gasteiger partial charge in [0.1, 0.15) is 5.82 Å². The van der Waals surface area contributed by atoms with Gasteiger partial charge in [0.15, 0.2) is 0 Å². The van der Waals surface area contributed by atoms with Crippen LogP contribution < -0.4 is 0 Å². The first-order chi connectivity index (χ1) is 20.5. The summed E-state index contributed by atoms with van der Waals surface area (Å²) in [7, 11) is 0. The molecule has 6 rings (SSSR count). The van der Waals surface area contributed by atoms with E-state index in [1.165, 1.54) is 36.6 Å². The molecule has 2 heterocycles. The van der Waals surface area contributed by atoms with E-state index in [1.807, 2.05) is 6.07 Å². The number of halogens is 1. The molecule has 5 nitrogen and oxygen atoms in total. The molecule has 6 heteroatoms. The summed E-state index contributed by atoms with van der Waals surface area (Å²) in [6.07, 6.45) is 9.25. The first-order valence-corrected chi connectivity index (χ1v) is 16.3. The lowest BCUT2D eigenvalue weighted by molar-refractivity contribution is -0.144. The highest BCUT2D eigenvalue weighted by Gasteiger charge is 2.43. The SMILES string of the molecule is CCn1nc(Cc2ccccc2)cc1C1CCN(CC2CC([C@H](CC3CCC3)C(=O)O)CC2c2cccc(F)c2)CC1. The van der Waals surface area contributed by atoms with Crippen molar-refractivity contribution in [2.75, 3.05) is 19.6 Å². The number of hydrogen-bond donors (Lipinski definition) is 1. The average Bonchev–Trinajstić information content (AvgIpc) is 3.57. The third-order valence-electron chi connectivity index (χ3n) is 10.6. The van der Waals surface area contributed by atoms with Crippen LogP contribution in [-0.2, 0) is 17.8 Å². The van der Waals surface area contributed by atoms with Crippen LogP contribution in [0.25, 0.3) is 0 Å². The Hall–Kier alpha value is -2.99. The van der Waals surface area contributed by atoms with E-state index < -0.39 is 5.97 Å². The third-order valence-corrected chi connectivity index (χ3v) is 10.6. The minimum atomic E-state index is -0.634. The molecule has 0 amide bonds. The van der Waals surface area contributed by atoms with Gasteiger partial charge in [-0.25, -0.2) is 4.39 Å². The molecule has 3 aromatic rings. The number of piperidine rings is 1. The van der Waals surface area contributed by atoms with Gasteiger partial charge in [-0.2, -0.15) is 5.10 Å². The van der Waals surface area contributed by atoms with Crippen LogP contribution in [0.2, 0.25) is 0 Å².